The van der Waals surface area contributed by atoms with Crippen molar-refractivity contribution in [2.45, 2.75) is 6.35 Å². The SMILES string of the molecule is C1=NC(N2CCSCC2)Oc2ccccc21. The maximum absolute atomic E-state index is 5.89. The van der Waals surface area contributed by atoms with Crippen molar-refractivity contribution in [1.82, 2.24) is 4.90 Å². The fourth-order valence-electron chi connectivity index (χ4n) is 1.95. The van der Waals surface area contributed by atoms with Gasteiger partial charge in [0, 0.05) is 36.4 Å². The number of nitrogens with zero attached hydrogens (tertiary/aromatic N) is 2. The molecule has 1 saturated heterocycles. The van der Waals surface area contributed by atoms with Crippen LogP contribution in [0.1, 0.15) is 5.56 Å². The van der Waals surface area contributed by atoms with Crippen LogP contribution in [0.15, 0.2) is 29.3 Å². The topological polar surface area (TPSA) is 24.8 Å². The minimum Gasteiger partial charge on any atom is -0.455 e. The van der Waals surface area contributed by atoms with E-state index in [1.165, 1.54) is 11.5 Å². The van der Waals surface area contributed by atoms with E-state index in [4.69, 9.17) is 4.74 Å². The molecule has 1 aromatic carbocycles. The molecule has 0 aliphatic carbocycles. The Hall–Kier alpha value is -1.00. The van der Waals surface area contributed by atoms with Gasteiger partial charge in [-0.05, 0) is 12.1 Å². The summed E-state index contributed by atoms with van der Waals surface area (Å²) in [6.07, 6.45) is 1.81. The van der Waals surface area contributed by atoms with Crippen LogP contribution in [0.4, 0.5) is 0 Å². The fourth-order valence-corrected chi connectivity index (χ4v) is 2.88. The number of ether oxygens (including phenoxy) is 1. The highest BCUT2D eigenvalue weighted by atomic mass is 32.2. The Morgan fingerprint density at radius 2 is 2.06 bits per heavy atom. The molecule has 1 atom stereocenters. The van der Waals surface area contributed by atoms with Crippen molar-refractivity contribution in [3.8, 4) is 5.75 Å². The van der Waals surface area contributed by atoms with Crippen LogP contribution in [0, 0.1) is 0 Å². The second-order valence-corrected chi connectivity index (χ2v) is 5.13. The van der Waals surface area contributed by atoms with Gasteiger partial charge in [0.1, 0.15) is 5.75 Å². The molecule has 0 aromatic heterocycles. The van der Waals surface area contributed by atoms with Crippen molar-refractivity contribution >= 4 is 18.0 Å². The Bertz CT molecular complexity index is 402. The van der Waals surface area contributed by atoms with Gasteiger partial charge in [0.2, 0.25) is 6.35 Å². The first-order chi connectivity index (χ1) is 7.93. The summed E-state index contributed by atoms with van der Waals surface area (Å²) in [5.41, 5.74) is 1.07. The Kier molecular flexibility index (Phi) is 2.84. The van der Waals surface area contributed by atoms with E-state index in [0.717, 1.165) is 24.4 Å². The third kappa shape index (κ3) is 1.95. The number of fused-ring (bicyclic) bond motifs is 1. The zero-order valence-corrected chi connectivity index (χ0v) is 9.82. The largest absolute Gasteiger partial charge is 0.455 e. The van der Waals surface area contributed by atoms with Gasteiger partial charge in [-0.25, -0.2) is 9.89 Å². The highest BCUT2D eigenvalue weighted by molar-refractivity contribution is 7.99. The normalized spacial score (nSPS) is 24.9. The lowest BCUT2D eigenvalue weighted by atomic mass is 10.2. The van der Waals surface area contributed by atoms with Crippen molar-refractivity contribution in [3.05, 3.63) is 29.8 Å². The van der Waals surface area contributed by atoms with Crippen LogP contribution in [0.5, 0.6) is 5.75 Å². The van der Waals surface area contributed by atoms with Crippen molar-refractivity contribution in [3.63, 3.8) is 0 Å². The molecule has 2 aliphatic heterocycles. The smallest absolute Gasteiger partial charge is 0.249 e. The molecule has 1 unspecified atom stereocenters. The summed E-state index contributed by atoms with van der Waals surface area (Å²) in [6, 6.07) is 8.04. The van der Waals surface area contributed by atoms with Gasteiger partial charge in [0.15, 0.2) is 0 Å². The number of hydrogen-bond donors (Lipinski definition) is 0. The molecule has 0 radical (unpaired) electrons. The Labute approximate surface area is 99.5 Å². The second-order valence-electron chi connectivity index (χ2n) is 3.91. The van der Waals surface area contributed by atoms with E-state index in [1.807, 2.05) is 42.2 Å². The highest BCUT2D eigenvalue weighted by Gasteiger charge is 2.23. The third-order valence-electron chi connectivity index (χ3n) is 2.85. The molecule has 3 rings (SSSR count). The standard InChI is InChI=1S/C12H14N2OS/c1-2-4-11-10(3-1)9-13-12(15-11)14-5-7-16-8-6-14/h1-4,9,12H,5-8H2. The predicted molar refractivity (Wildman–Crippen MR) is 67.4 cm³/mol. The molecule has 16 heavy (non-hydrogen) atoms. The van der Waals surface area contributed by atoms with Crippen LogP contribution in [0.25, 0.3) is 0 Å². The van der Waals surface area contributed by atoms with Gasteiger partial charge in [-0.1, -0.05) is 12.1 Å². The molecule has 3 nitrogen and oxygen atoms in total. The van der Waals surface area contributed by atoms with Crippen LogP contribution in [0.3, 0.4) is 0 Å². The van der Waals surface area contributed by atoms with Crippen molar-refractivity contribution in [2.75, 3.05) is 24.6 Å². The van der Waals surface area contributed by atoms with Crippen molar-refractivity contribution in [1.29, 1.82) is 0 Å². The predicted octanol–water partition coefficient (Wildman–Crippen LogP) is 1.83. The quantitative estimate of drug-likeness (QED) is 0.741. The van der Waals surface area contributed by atoms with Gasteiger partial charge in [0.05, 0.1) is 0 Å². The maximum Gasteiger partial charge on any atom is 0.249 e. The molecule has 0 N–H and O–H groups in total. The van der Waals surface area contributed by atoms with Crippen LogP contribution < -0.4 is 4.74 Å². The van der Waals surface area contributed by atoms with Gasteiger partial charge in [0.25, 0.3) is 0 Å². The summed E-state index contributed by atoms with van der Waals surface area (Å²) in [4.78, 5) is 6.76. The number of benzene rings is 1. The van der Waals surface area contributed by atoms with E-state index >= 15 is 0 Å². The van der Waals surface area contributed by atoms with Gasteiger partial charge in [-0.3, -0.25) is 0 Å². The number of thioether (sulfide) groups is 1. The van der Waals surface area contributed by atoms with E-state index in [9.17, 15) is 0 Å². The molecule has 1 aromatic rings. The average molecular weight is 234 g/mol. The van der Waals surface area contributed by atoms with E-state index < -0.39 is 0 Å². The second kappa shape index (κ2) is 4.47. The Balaban J connectivity index is 1.77. The first-order valence-electron chi connectivity index (χ1n) is 5.54. The van der Waals surface area contributed by atoms with Crippen molar-refractivity contribution in [2.24, 2.45) is 4.99 Å². The molecular weight excluding hydrogens is 220 g/mol. The molecule has 0 amide bonds. The van der Waals surface area contributed by atoms with E-state index in [0.29, 0.717) is 0 Å². The number of aliphatic imine (C=N–C) groups is 1. The summed E-state index contributed by atoms with van der Waals surface area (Å²) in [5.74, 6) is 3.30. The van der Waals surface area contributed by atoms with Gasteiger partial charge in [-0.15, -0.1) is 0 Å². The van der Waals surface area contributed by atoms with E-state index in [-0.39, 0.29) is 6.35 Å². The molecule has 0 bridgehead atoms. The summed E-state index contributed by atoms with van der Waals surface area (Å²) >= 11 is 2.00. The number of rotatable bonds is 1. The summed E-state index contributed by atoms with van der Waals surface area (Å²) in [5, 5.41) is 0. The first kappa shape index (κ1) is 10.2. The summed E-state index contributed by atoms with van der Waals surface area (Å²) in [7, 11) is 0. The Morgan fingerprint density at radius 1 is 1.25 bits per heavy atom. The van der Waals surface area contributed by atoms with Gasteiger partial charge >= 0.3 is 0 Å². The average Bonchev–Trinajstić information content (AvgIpc) is 2.39. The first-order valence-corrected chi connectivity index (χ1v) is 6.69. The Morgan fingerprint density at radius 3 is 2.94 bits per heavy atom. The highest BCUT2D eigenvalue weighted by Crippen LogP contribution is 2.24. The zero-order chi connectivity index (χ0) is 10.8. The maximum atomic E-state index is 5.89. The monoisotopic (exact) mass is 234 g/mol. The minimum atomic E-state index is -0.115. The van der Waals surface area contributed by atoms with Crippen molar-refractivity contribution < 1.29 is 4.74 Å². The fraction of sp³-hybridized carbons (Fsp3) is 0.417. The van der Waals surface area contributed by atoms with E-state index in [1.54, 1.807) is 0 Å². The lowest BCUT2D eigenvalue weighted by Gasteiger charge is -2.33. The molecule has 2 aliphatic rings. The number of para-hydroxylation sites is 1. The number of hydrogen-bond acceptors (Lipinski definition) is 4. The van der Waals surface area contributed by atoms with Gasteiger partial charge in [-0.2, -0.15) is 11.8 Å². The van der Waals surface area contributed by atoms with Crippen LogP contribution in [0.2, 0.25) is 0 Å². The molecule has 2 heterocycles. The summed E-state index contributed by atoms with van der Waals surface area (Å²) < 4.78 is 5.89. The molecule has 0 spiro atoms. The third-order valence-corrected chi connectivity index (χ3v) is 3.79. The van der Waals surface area contributed by atoms with Crippen LogP contribution in [-0.2, 0) is 0 Å². The molecule has 0 saturated carbocycles. The van der Waals surface area contributed by atoms with Crippen LogP contribution >= 0.6 is 11.8 Å². The lowest BCUT2D eigenvalue weighted by Crippen LogP contribution is -2.44. The molecule has 84 valence electrons. The molecular formula is C12H14N2OS. The van der Waals surface area contributed by atoms with E-state index in [2.05, 4.69) is 9.89 Å². The van der Waals surface area contributed by atoms with Gasteiger partial charge < -0.3 is 4.74 Å². The molecule has 4 heteroatoms. The zero-order valence-electron chi connectivity index (χ0n) is 9.00. The molecule has 1 fully saturated rings. The summed E-state index contributed by atoms with van der Waals surface area (Å²) in [6.45, 7) is 2.13. The van der Waals surface area contributed by atoms with Crippen LogP contribution in [-0.4, -0.2) is 42.1 Å². The minimum absolute atomic E-state index is 0.115. The lowest BCUT2D eigenvalue weighted by molar-refractivity contribution is 0.0376.